The third-order valence-electron chi connectivity index (χ3n) is 1.90. The molecule has 0 saturated heterocycles. The van der Waals surface area contributed by atoms with Crippen molar-refractivity contribution in [2.24, 2.45) is 0 Å². The minimum absolute atomic E-state index is 0.136. The first-order valence-electron chi connectivity index (χ1n) is 6.01. The van der Waals surface area contributed by atoms with Crippen molar-refractivity contribution in [1.82, 2.24) is 0 Å². The fourth-order valence-corrected chi connectivity index (χ4v) is 1.01. The van der Waals surface area contributed by atoms with Crippen LogP contribution >= 0.6 is 0 Å². The standard InChI is InChI=1S/C13H22O5/c1-3-5-15-7-9-17-11-12-18-10-8-16-6-4-13(2)14/h1H,4-12H2,2H3. The van der Waals surface area contributed by atoms with Crippen molar-refractivity contribution in [3.63, 3.8) is 0 Å². The van der Waals surface area contributed by atoms with Gasteiger partial charge in [-0.3, -0.25) is 4.79 Å². The van der Waals surface area contributed by atoms with Crippen molar-refractivity contribution in [3.05, 3.63) is 0 Å². The number of ketones is 1. The predicted molar refractivity (Wildman–Crippen MR) is 67.4 cm³/mol. The number of ether oxygens (including phenoxy) is 4. The molecular weight excluding hydrogens is 236 g/mol. The molecule has 0 aliphatic heterocycles. The van der Waals surface area contributed by atoms with Crippen LogP contribution < -0.4 is 0 Å². The zero-order valence-corrected chi connectivity index (χ0v) is 11.0. The van der Waals surface area contributed by atoms with E-state index in [4.69, 9.17) is 25.4 Å². The lowest BCUT2D eigenvalue weighted by Crippen LogP contribution is -2.12. The Kier molecular flexibility index (Phi) is 13.4. The van der Waals surface area contributed by atoms with Crippen LogP contribution in [0, 0.1) is 12.3 Å². The third kappa shape index (κ3) is 15.1. The molecule has 18 heavy (non-hydrogen) atoms. The van der Waals surface area contributed by atoms with Crippen molar-refractivity contribution in [2.45, 2.75) is 13.3 Å². The van der Waals surface area contributed by atoms with Gasteiger partial charge in [0.1, 0.15) is 12.4 Å². The Labute approximate surface area is 109 Å². The smallest absolute Gasteiger partial charge is 0.132 e. The Morgan fingerprint density at radius 2 is 1.33 bits per heavy atom. The molecule has 0 aromatic carbocycles. The van der Waals surface area contributed by atoms with E-state index in [0.29, 0.717) is 59.3 Å². The SMILES string of the molecule is C#CCOCCOCCOCCOCCC(C)=O. The molecule has 5 nitrogen and oxygen atoms in total. The maximum absolute atomic E-state index is 10.6. The van der Waals surface area contributed by atoms with Crippen LogP contribution in [0.3, 0.4) is 0 Å². The van der Waals surface area contributed by atoms with E-state index < -0.39 is 0 Å². The number of Topliss-reactive ketones (excluding diaryl/α,β-unsaturated/α-hetero) is 1. The van der Waals surface area contributed by atoms with E-state index in [2.05, 4.69) is 5.92 Å². The zero-order valence-electron chi connectivity index (χ0n) is 11.0. The third-order valence-corrected chi connectivity index (χ3v) is 1.90. The summed E-state index contributed by atoms with van der Waals surface area (Å²) in [7, 11) is 0. The molecule has 0 heterocycles. The largest absolute Gasteiger partial charge is 0.379 e. The molecule has 0 rings (SSSR count). The Morgan fingerprint density at radius 3 is 1.78 bits per heavy atom. The van der Waals surface area contributed by atoms with Gasteiger partial charge in [-0.2, -0.15) is 0 Å². The first-order valence-corrected chi connectivity index (χ1v) is 6.01. The molecule has 0 aromatic heterocycles. The summed E-state index contributed by atoms with van der Waals surface area (Å²) in [4.78, 5) is 10.6. The van der Waals surface area contributed by atoms with Crippen LogP contribution in [0.4, 0.5) is 0 Å². The summed E-state index contributed by atoms with van der Waals surface area (Å²) in [6.07, 6.45) is 5.47. The van der Waals surface area contributed by atoms with Gasteiger partial charge in [-0.15, -0.1) is 6.42 Å². The van der Waals surface area contributed by atoms with Crippen molar-refractivity contribution in [1.29, 1.82) is 0 Å². The summed E-state index contributed by atoms with van der Waals surface area (Å²) >= 11 is 0. The second-order valence-corrected chi connectivity index (χ2v) is 3.55. The molecule has 0 N–H and O–H groups in total. The highest BCUT2D eigenvalue weighted by atomic mass is 16.6. The second kappa shape index (κ2) is 14.1. The second-order valence-electron chi connectivity index (χ2n) is 3.55. The van der Waals surface area contributed by atoms with E-state index in [1.807, 2.05) is 0 Å². The van der Waals surface area contributed by atoms with Crippen LogP contribution in [-0.4, -0.2) is 58.6 Å². The number of carbonyl (C=O) groups is 1. The average molecular weight is 258 g/mol. The molecule has 0 radical (unpaired) electrons. The molecule has 0 bridgehead atoms. The van der Waals surface area contributed by atoms with Crippen molar-refractivity contribution in [2.75, 3.05) is 52.9 Å². The van der Waals surface area contributed by atoms with Crippen molar-refractivity contribution < 1.29 is 23.7 Å². The molecule has 104 valence electrons. The molecule has 0 aromatic rings. The summed E-state index contributed by atoms with van der Waals surface area (Å²) in [6, 6.07) is 0. The van der Waals surface area contributed by atoms with Gasteiger partial charge in [0.05, 0.1) is 46.2 Å². The van der Waals surface area contributed by atoms with Gasteiger partial charge in [0.25, 0.3) is 0 Å². The summed E-state index contributed by atoms with van der Waals surface area (Å²) < 4.78 is 20.7. The molecule has 0 amide bonds. The number of terminal acetylenes is 1. The first kappa shape index (κ1) is 17.1. The maximum atomic E-state index is 10.6. The quantitative estimate of drug-likeness (QED) is 0.359. The fourth-order valence-electron chi connectivity index (χ4n) is 1.01. The topological polar surface area (TPSA) is 54.0 Å². The number of rotatable bonds is 13. The summed E-state index contributed by atoms with van der Waals surface area (Å²) in [5.74, 6) is 2.51. The van der Waals surface area contributed by atoms with Crippen LogP contribution in [0.5, 0.6) is 0 Å². The Bertz CT molecular complexity index is 234. The normalized spacial score (nSPS) is 10.2. The molecular formula is C13H22O5. The van der Waals surface area contributed by atoms with Crippen LogP contribution in [-0.2, 0) is 23.7 Å². The maximum Gasteiger partial charge on any atom is 0.132 e. The van der Waals surface area contributed by atoms with Gasteiger partial charge >= 0.3 is 0 Å². The lowest BCUT2D eigenvalue weighted by atomic mass is 10.3. The van der Waals surface area contributed by atoms with Crippen molar-refractivity contribution >= 4 is 5.78 Å². The Morgan fingerprint density at radius 1 is 0.889 bits per heavy atom. The zero-order chi connectivity index (χ0) is 13.5. The molecule has 0 aliphatic carbocycles. The summed E-state index contributed by atoms with van der Waals surface area (Å²) in [6.45, 7) is 5.38. The fraction of sp³-hybridized carbons (Fsp3) is 0.769. The lowest BCUT2D eigenvalue weighted by Gasteiger charge is -2.06. The van der Waals surface area contributed by atoms with Crippen molar-refractivity contribution in [3.8, 4) is 12.3 Å². The Hall–Kier alpha value is -0.930. The molecule has 0 fully saturated rings. The van der Waals surface area contributed by atoms with Gasteiger partial charge in [-0.25, -0.2) is 0 Å². The van der Waals surface area contributed by atoms with Gasteiger partial charge in [0, 0.05) is 6.42 Å². The average Bonchev–Trinajstić information content (AvgIpc) is 2.34. The molecule has 0 unspecified atom stereocenters. The molecule has 0 atom stereocenters. The first-order chi connectivity index (χ1) is 8.77. The Balaban J connectivity index is 2.95. The number of carbonyl (C=O) groups excluding carboxylic acids is 1. The monoisotopic (exact) mass is 258 g/mol. The lowest BCUT2D eigenvalue weighted by molar-refractivity contribution is -0.118. The predicted octanol–water partition coefficient (Wildman–Crippen LogP) is 0.665. The van der Waals surface area contributed by atoms with Gasteiger partial charge in [0.15, 0.2) is 0 Å². The van der Waals surface area contributed by atoms with Gasteiger partial charge in [0.2, 0.25) is 0 Å². The van der Waals surface area contributed by atoms with Gasteiger partial charge in [-0.05, 0) is 6.92 Å². The minimum atomic E-state index is 0.136. The van der Waals surface area contributed by atoms with E-state index in [9.17, 15) is 4.79 Å². The van der Waals surface area contributed by atoms with E-state index >= 15 is 0 Å². The van der Waals surface area contributed by atoms with Gasteiger partial charge in [-0.1, -0.05) is 5.92 Å². The van der Waals surface area contributed by atoms with E-state index in [1.54, 1.807) is 6.92 Å². The number of hydrogen-bond donors (Lipinski definition) is 0. The van der Waals surface area contributed by atoms with Gasteiger partial charge < -0.3 is 18.9 Å². The molecule has 0 aliphatic rings. The van der Waals surface area contributed by atoms with Crippen LogP contribution in [0.25, 0.3) is 0 Å². The molecule has 5 heteroatoms. The van der Waals surface area contributed by atoms with Crippen LogP contribution in [0.15, 0.2) is 0 Å². The summed E-state index contributed by atoms with van der Waals surface area (Å²) in [5.41, 5.74) is 0. The highest BCUT2D eigenvalue weighted by Crippen LogP contribution is 1.86. The number of hydrogen-bond acceptors (Lipinski definition) is 5. The minimum Gasteiger partial charge on any atom is -0.379 e. The molecule has 0 spiro atoms. The van der Waals surface area contributed by atoms with E-state index in [1.165, 1.54) is 0 Å². The molecule has 0 saturated carbocycles. The highest BCUT2D eigenvalue weighted by Gasteiger charge is 1.94. The van der Waals surface area contributed by atoms with E-state index in [-0.39, 0.29) is 5.78 Å². The van der Waals surface area contributed by atoms with Crippen LogP contribution in [0.2, 0.25) is 0 Å². The highest BCUT2D eigenvalue weighted by molar-refractivity contribution is 5.75. The van der Waals surface area contributed by atoms with E-state index in [0.717, 1.165) is 0 Å². The summed E-state index contributed by atoms with van der Waals surface area (Å²) in [5, 5.41) is 0. The van der Waals surface area contributed by atoms with Crippen LogP contribution in [0.1, 0.15) is 13.3 Å².